The van der Waals surface area contributed by atoms with Crippen molar-refractivity contribution in [2.24, 2.45) is 0 Å². The molecule has 1 nitrogen and oxygen atoms in total. The molecule has 0 amide bonds. The molecule has 66 valence electrons. The van der Waals surface area contributed by atoms with E-state index in [9.17, 15) is 8.78 Å². The summed E-state index contributed by atoms with van der Waals surface area (Å²) in [6, 6.07) is 0. The second-order valence-corrected chi connectivity index (χ2v) is 2.55. The molecule has 1 aliphatic rings. The molecule has 0 atom stereocenters. The number of allylic oxidation sites excluding steroid dienone is 4. The molecule has 0 unspecified atom stereocenters. The fourth-order valence-electron chi connectivity index (χ4n) is 1.03. The quantitative estimate of drug-likeness (QED) is 0.671. The number of likely N-dealkylation sites (N-methyl/N-ethyl adjacent to an activating group) is 1. The van der Waals surface area contributed by atoms with Gasteiger partial charge in [-0.3, -0.25) is 0 Å². The Hall–Kier alpha value is -0.960. The number of hydrogen-bond acceptors (Lipinski definition) is 1. The normalized spacial score (nSPS) is 17.8. The highest BCUT2D eigenvalue weighted by molar-refractivity contribution is 5.36. The van der Waals surface area contributed by atoms with Gasteiger partial charge in [-0.2, -0.15) is 0 Å². The zero-order chi connectivity index (χ0) is 8.97. The molecule has 1 N–H and O–H groups in total. The van der Waals surface area contributed by atoms with Crippen molar-refractivity contribution in [3.8, 4) is 0 Å². The van der Waals surface area contributed by atoms with Crippen LogP contribution in [0, 0.1) is 0 Å². The van der Waals surface area contributed by atoms with Gasteiger partial charge in [0.25, 0.3) is 0 Å². The van der Waals surface area contributed by atoms with Crippen LogP contribution < -0.4 is 5.32 Å². The van der Waals surface area contributed by atoms with Gasteiger partial charge in [-0.25, -0.2) is 8.78 Å². The highest BCUT2D eigenvalue weighted by atomic mass is 19.1. The maximum atomic E-state index is 13.0. The lowest BCUT2D eigenvalue weighted by molar-refractivity contribution is 0.596. The van der Waals surface area contributed by atoms with E-state index >= 15 is 0 Å². The Bertz CT molecular complexity index is 251. The molecule has 0 aromatic carbocycles. The molecule has 0 heterocycles. The molecule has 1 aliphatic carbocycles. The third-order valence-electron chi connectivity index (χ3n) is 1.63. The standard InChI is InChI=1S/C9H11F2N/c1-12-6-7-8(10)4-2-3-5-9(7)11/h2,4-5,12H,3,6H2,1H3. The Morgan fingerprint density at radius 3 is 2.92 bits per heavy atom. The third-order valence-corrected chi connectivity index (χ3v) is 1.63. The van der Waals surface area contributed by atoms with Crippen LogP contribution in [0.4, 0.5) is 8.78 Å². The van der Waals surface area contributed by atoms with E-state index in [0.717, 1.165) is 0 Å². The number of hydrogen-bond donors (Lipinski definition) is 1. The second kappa shape index (κ2) is 4.16. The molecule has 3 heteroatoms. The van der Waals surface area contributed by atoms with Crippen molar-refractivity contribution < 1.29 is 8.78 Å². The van der Waals surface area contributed by atoms with Gasteiger partial charge in [-0.05, 0) is 25.6 Å². The first-order valence-corrected chi connectivity index (χ1v) is 3.81. The first-order chi connectivity index (χ1) is 5.75. The minimum absolute atomic E-state index is 0.103. The van der Waals surface area contributed by atoms with Crippen LogP contribution in [-0.4, -0.2) is 13.6 Å². The van der Waals surface area contributed by atoms with Gasteiger partial charge in [-0.1, -0.05) is 6.08 Å². The average molecular weight is 171 g/mol. The molecule has 0 radical (unpaired) electrons. The molecule has 0 aromatic heterocycles. The van der Waals surface area contributed by atoms with Crippen molar-refractivity contribution in [3.05, 3.63) is 35.5 Å². The van der Waals surface area contributed by atoms with Gasteiger partial charge in [0, 0.05) is 12.1 Å². The average Bonchev–Trinajstić information content (AvgIpc) is 2.19. The lowest BCUT2D eigenvalue weighted by atomic mass is 10.2. The van der Waals surface area contributed by atoms with E-state index in [1.807, 2.05) is 0 Å². The summed E-state index contributed by atoms with van der Waals surface area (Å²) in [6.45, 7) is 0.221. The van der Waals surface area contributed by atoms with Crippen molar-refractivity contribution in [2.75, 3.05) is 13.6 Å². The van der Waals surface area contributed by atoms with Crippen LogP contribution in [0.25, 0.3) is 0 Å². The lowest BCUT2D eigenvalue weighted by Crippen LogP contribution is -2.11. The lowest BCUT2D eigenvalue weighted by Gasteiger charge is -2.02. The highest BCUT2D eigenvalue weighted by Crippen LogP contribution is 2.21. The molecular weight excluding hydrogens is 160 g/mol. The first kappa shape index (κ1) is 9.13. The summed E-state index contributed by atoms with van der Waals surface area (Å²) in [6.07, 6.45) is 4.72. The van der Waals surface area contributed by atoms with Crippen molar-refractivity contribution in [3.63, 3.8) is 0 Å². The Labute approximate surface area is 70.5 Å². The van der Waals surface area contributed by atoms with E-state index in [4.69, 9.17) is 0 Å². The zero-order valence-corrected chi connectivity index (χ0v) is 6.90. The summed E-state index contributed by atoms with van der Waals surface area (Å²) in [5.74, 6) is -0.956. The van der Waals surface area contributed by atoms with Gasteiger partial charge in [0.1, 0.15) is 11.7 Å². The molecule has 0 bridgehead atoms. The molecule has 0 spiro atoms. The van der Waals surface area contributed by atoms with E-state index in [0.29, 0.717) is 6.42 Å². The fourth-order valence-corrected chi connectivity index (χ4v) is 1.03. The van der Waals surface area contributed by atoms with Crippen molar-refractivity contribution in [1.29, 1.82) is 0 Å². The van der Waals surface area contributed by atoms with Gasteiger partial charge < -0.3 is 5.32 Å². The summed E-state index contributed by atoms with van der Waals surface area (Å²) in [5, 5.41) is 2.71. The topological polar surface area (TPSA) is 12.0 Å². The first-order valence-electron chi connectivity index (χ1n) is 3.81. The second-order valence-electron chi connectivity index (χ2n) is 2.55. The van der Waals surface area contributed by atoms with Gasteiger partial charge >= 0.3 is 0 Å². The summed E-state index contributed by atoms with van der Waals surface area (Å²) in [7, 11) is 1.65. The Morgan fingerprint density at radius 1 is 1.50 bits per heavy atom. The van der Waals surface area contributed by atoms with Crippen LogP contribution in [-0.2, 0) is 0 Å². The Kier molecular flexibility index (Phi) is 3.17. The number of rotatable bonds is 2. The number of nitrogens with one attached hydrogen (secondary N) is 1. The smallest absolute Gasteiger partial charge is 0.130 e. The highest BCUT2D eigenvalue weighted by Gasteiger charge is 2.10. The van der Waals surface area contributed by atoms with E-state index in [1.54, 1.807) is 13.1 Å². The van der Waals surface area contributed by atoms with Crippen LogP contribution in [0.15, 0.2) is 35.5 Å². The largest absolute Gasteiger partial charge is 0.315 e. The van der Waals surface area contributed by atoms with E-state index in [1.165, 1.54) is 12.2 Å². The van der Waals surface area contributed by atoms with Crippen LogP contribution in [0.5, 0.6) is 0 Å². The van der Waals surface area contributed by atoms with Gasteiger partial charge in [0.2, 0.25) is 0 Å². The zero-order valence-electron chi connectivity index (χ0n) is 6.90. The van der Waals surface area contributed by atoms with Gasteiger partial charge in [0.05, 0.1) is 0 Å². The molecule has 12 heavy (non-hydrogen) atoms. The molecular formula is C9H11F2N. The van der Waals surface area contributed by atoms with E-state index in [-0.39, 0.29) is 12.1 Å². The summed E-state index contributed by atoms with van der Waals surface area (Å²) in [4.78, 5) is 0. The maximum Gasteiger partial charge on any atom is 0.130 e. The minimum atomic E-state index is -0.490. The minimum Gasteiger partial charge on any atom is -0.315 e. The fraction of sp³-hybridized carbons (Fsp3) is 0.333. The van der Waals surface area contributed by atoms with Crippen molar-refractivity contribution >= 4 is 0 Å². The van der Waals surface area contributed by atoms with Crippen molar-refractivity contribution in [1.82, 2.24) is 5.32 Å². The summed E-state index contributed by atoms with van der Waals surface area (Å²) >= 11 is 0. The number of halogens is 2. The van der Waals surface area contributed by atoms with Gasteiger partial charge in [-0.15, -0.1) is 0 Å². The van der Waals surface area contributed by atoms with Crippen LogP contribution in [0.3, 0.4) is 0 Å². The maximum absolute atomic E-state index is 13.0. The molecule has 0 aromatic rings. The van der Waals surface area contributed by atoms with Crippen LogP contribution >= 0.6 is 0 Å². The Morgan fingerprint density at radius 2 is 2.25 bits per heavy atom. The molecule has 0 saturated carbocycles. The molecule has 0 saturated heterocycles. The summed E-state index contributed by atoms with van der Waals surface area (Å²) < 4.78 is 26.0. The monoisotopic (exact) mass is 171 g/mol. The van der Waals surface area contributed by atoms with Gasteiger partial charge in [0.15, 0.2) is 0 Å². The van der Waals surface area contributed by atoms with E-state index < -0.39 is 11.7 Å². The molecule has 1 rings (SSSR count). The molecule has 0 aliphatic heterocycles. The third kappa shape index (κ3) is 2.01. The SMILES string of the molecule is CNCC1=C(F)C=CCC=C1F. The Balaban J connectivity index is 2.92. The van der Waals surface area contributed by atoms with Crippen molar-refractivity contribution in [2.45, 2.75) is 6.42 Å². The van der Waals surface area contributed by atoms with E-state index in [2.05, 4.69) is 5.32 Å². The summed E-state index contributed by atoms with van der Waals surface area (Å²) in [5.41, 5.74) is 0.103. The molecule has 0 fully saturated rings. The van der Waals surface area contributed by atoms with Crippen LogP contribution in [0.2, 0.25) is 0 Å². The van der Waals surface area contributed by atoms with Crippen LogP contribution in [0.1, 0.15) is 6.42 Å². The predicted octanol–water partition coefficient (Wildman–Crippen LogP) is 2.24. The predicted molar refractivity (Wildman–Crippen MR) is 45.0 cm³/mol.